The van der Waals surface area contributed by atoms with E-state index in [0.717, 1.165) is 11.3 Å². The second-order valence-corrected chi connectivity index (χ2v) is 7.12. The Morgan fingerprint density at radius 1 is 1.25 bits per heavy atom. The van der Waals surface area contributed by atoms with Gasteiger partial charge in [-0.2, -0.15) is 0 Å². The second kappa shape index (κ2) is 7.48. The molecule has 7 heteroatoms. The van der Waals surface area contributed by atoms with Crippen LogP contribution in [0.3, 0.4) is 0 Å². The van der Waals surface area contributed by atoms with Crippen LogP contribution in [0.15, 0.2) is 72.6 Å². The van der Waals surface area contributed by atoms with Crippen LogP contribution in [0.1, 0.15) is 17.3 Å². The maximum atomic E-state index is 13.3. The third-order valence-electron chi connectivity index (χ3n) is 4.87. The predicted octanol–water partition coefficient (Wildman–Crippen LogP) is 3.28. The summed E-state index contributed by atoms with van der Waals surface area (Å²) in [6.07, 6.45) is 3.35. The maximum Gasteiger partial charge on any atom is 0.322 e. The summed E-state index contributed by atoms with van der Waals surface area (Å²) < 4.78 is 0. The number of halogens is 1. The number of nitrogens with zero attached hydrogens (tertiary/aromatic N) is 3. The lowest BCUT2D eigenvalue weighted by Crippen LogP contribution is -2.47. The zero-order chi connectivity index (χ0) is 19.7. The molecule has 0 radical (unpaired) electrons. The molecular formula is C21H19ClN4O2. The number of amides is 3. The standard InChI is InChI=1S/C21H19ClN4O2/c1-2-10-26-17-13-25(12-16-8-3-4-9-23-16)20(27)18(17)19(24-21(26)28)14-6-5-7-15(22)11-14/h2-9,11,19H,1,10,12-13H2,(H,24,28). The summed E-state index contributed by atoms with van der Waals surface area (Å²) in [5.41, 5.74) is 2.85. The van der Waals surface area contributed by atoms with Crippen molar-refractivity contribution >= 4 is 23.5 Å². The molecule has 0 bridgehead atoms. The molecule has 1 aromatic heterocycles. The highest BCUT2D eigenvalue weighted by Crippen LogP contribution is 2.37. The van der Waals surface area contributed by atoms with Gasteiger partial charge in [0.1, 0.15) is 0 Å². The van der Waals surface area contributed by atoms with Crippen LogP contribution in [0.4, 0.5) is 4.79 Å². The van der Waals surface area contributed by atoms with Crippen molar-refractivity contribution in [3.63, 3.8) is 0 Å². The van der Waals surface area contributed by atoms with Gasteiger partial charge in [0.2, 0.25) is 0 Å². The molecule has 2 aromatic rings. The van der Waals surface area contributed by atoms with E-state index in [1.165, 1.54) is 0 Å². The molecule has 0 saturated heterocycles. The number of nitrogens with one attached hydrogen (secondary N) is 1. The van der Waals surface area contributed by atoms with Gasteiger partial charge in [-0.1, -0.05) is 35.9 Å². The normalized spacial score (nSPS) is 19.0. The first-order valence-corrected chi connectivity index (χ1v) is 9.33. The summed E-state index contributed by atoms with van der Waals surface area (Å²) in [4.78, 5) is 33.6. The number of pyridine rings is 1. The fourth-order valence-corrected chi connectivity index (χ4v) is 3.82. The lowest BCUT2D eigenvalue weighted by atomic mass is 9.95. The molecule has 1 atom stereocenters. The number of rotatable bonds is 5. The highest BCUT2D eigenvalue weighted by molar-refractivity contribution is 6.30. The average Bonchev–Trinajstić information content (AvgIpc) is 3.01. The van der Waals surface area contributed by atoms with Gasteiger partial charge in [-0.15, -0.1) is 6.58 Å². The lowest BCUT2D eigenvalue weighted by Gasteiger charge is -2.33. The molecule has 0 spiro atoms. The molecule has 6 nitrogen and oxygen atoms in total. The van der Waals surface area contributed by atoms with Gasteiger partial charge in [-0.3, -0.25) is 14.7 Å². The minimum Gasteiger partial charge on any atom is -0.327 e. The van der Waals surface area contributed by atoms with Gasteiger partial charge in [-0.25, -0.2) is 4.79 Å². The molecule has 0 saturated carbocycles. The van der Waals surface area contributed by atoms with Crippen molar-refractivity contribution in [1.82, 2.24) is 20.1 Å². The van der Waals surface area contributed by atoms with Crippen molar-refractivity contribution < 1.29 is 9.59 Å². The zero-order valence-electron chi connectivity index (χ0n) is 15.1. The van der Waals surface area contributed by atoms with Crippen LogP contribution in [0, 0.1) is 0 Å². The summed E-state index contributed by atoms with van der Waals surface area (Å²) >= 11 is 6.14. The second-order valence-electron chi connectivity index (χ2n) is 6.68. The fraction of sp³-hybridized carbons (Fsp3) is 0.190. The van der Waals surface area contributed by atoms with Gasteiger partial charge in [0.05, 0.1) is 36.1 Å². The molecule has 1 aromatic carbocycles. The Kier molecular flexibility index (Phi) is 4.88. The van der Waals surface area contributed by atoms with E-state index >= 15 is 0 Å². The molecule has 3 heterocycles. The van der Waals surface area contributed by atoms with E-state index in [4.69, 9.17) is 11.6 Å². The lowest BCUT2D eigenvalue weighted by molar-refractivity contribution is -0.126. The Hall–Kier alpha value is -3.12. The van der Waals surface area contributed by atoms with Gasteiger partial charge < -0.3 is 10.2 Å². The van der Waals surface area contributed by atoms with Crippen molar-refractivity contribution in [1.29, 1.82) is 0 Å². The van der Waals surface area contributed by atoms with Crippen LogP contribution in [0.25, 0.3) is 0 Å². The van der Waals surface area contributed by atoms with Crippen molar-refractivity contribution in [2.45, 2.75) is 12.6 Å². The van der Waals surface area contributed by atoms with E-state index in [2.05, 4.69) is 16.9 Å². The molecule has 4 rings (SSSR count). The number of aromatic nitrogens is 1. The van der Waals surface area contributed by atoms with E-state index < -0.39 is 6.04 Å². The van der Waals surface area contributed by atoms with E-state index in [1.807, 2.05) is 30.3 Å². The SMILES string of the molecule is C=CCN1C(=O)NC(c2cccc(Cl)c2)C2=C1CN(Cc1ccccn1)C2=O. The number of hydrogen-bond donors (Lipinski definition) is 1. The van der Waals surface area contributed by atoms with Crippen LogP contribution in [-0.2, 0) is 11.3 Å². The number of carbonyl (C=O) groups excluding carboxylic acids is 2. The Labute approximate surface area is 168 Å². The molecule has 0 aliphatic carbocycles. The molecule has 142 valence electrons. The van der Waals surface area contributed by atoms with Crippen molar-refractivity contribution in [3.8, 4) is 0 Å². The van der Waals surface area contributed by atoms with Gasteiger partial charge in [0.15, 0.2) is 0 Å². The summed E-state index contributed by atoms with van der Waals surface area (Å²) in [5.74, 6) is -0.111. The van der Waals surface area contributed by atoms with Crippen LogP contribution >= 0.6 is 11.6 Å². The van der Waals surface area contributed by atoms with E-state index in [0.29, 0.717) is 35.9 Å². The fourth-order valence-electron chi connectivity index (χ4n) is 3.62. The topological polar surface area (TPSA) is 65.5 Å². The number of hydrogen-bond acceptors (Lipinski definition) is 3. The van der Waals surface area contributed by atoms with E-state index in [1.54, 1.807) is 34.2 Å². The maximum absolute atomic E-state index is 13.3. The third-order valence-corrected chi connectivity index (χ3v) is 5.10. The number of urea groups is 1. The zero-order valence-corrected chi connectivity index (χ0v) is 15.9. The van der Waals surface area contributed by atoms with Gasteiger partial charge in [0, 0.05) is 17.8 Å². The predicted molar refractivity (Wildman–Crippen MR) is 106 cm³/mol. The van der Waals surface area contributed by atoms with Gasteiger partial charge >= 0.3 is 6.03 Å². The van der Waals surface area contributed by atoms with Crippen molar-refractivity contribution in [2.75, 3.05) is 13.1 Å². The highest BCUT2D eigenvalue weighted by Gasteiger charge is 2.43. The Bertz CT molecular complexity index is 973. The van der Waals surface area contributed by atoms with E-state index in [9.17, 15) is 9.59 Å². The molecule has 1 unspecified atom stereocenters. The summed E-state index contributed by atoms with van der Waals surface area (Å²) in [5, 5.41) is 3.49. The molecular weight excluding hydrogens is 376 g/mol. The highest BCUT2D eigenvalue weighted by atomic mass is 35.5. The average molecular weight is 395 g/mol. The Balaban J connectivity index is 1.72. The van der Waals surface area contributed by atoms with Crippen LogP contribution in [0.5, 0.6) is 0 Å². The van der Waals surface area contributed by atoms with Crippen LogP contribution in [-0.4, -0.2) is 39.8 Å². The first kappa shape index (κ1) is 18.3. The summed E-state index contributed by atoms with van der Waals surface area (Å²) in [6, 6.07) is 12.0. The number of benzene rings is 1. The minimum absolute atomic E-state index is 0.111. The first-order valence-electron chi connectivity index (χ1n) is 8.95. The molecule has 1 N–H and O–H groups in total. The summed E-state index contributed by atoms with van der Waals surface area (Å²) in [7, 11) is 0. The molecule has 28 heavy (non-hydrogen) atoms. The van der Waals surface area contributed by atoms with Gasteiger partial charge in [-0.05, 0) is 29.8 Å². The van der Waals surface area contributed by atoms with Crippen LogP contribution in [0.2, 0.25) is 5.02 Å². The van der Waals surface area contributed by atoms with E-state index in [-0.39, 0.29) is 11.9 Å². The number of carbonyl (C=O) groups is 2. The molecule has 2 aliphatic rings. The summed E-state index contributed by atoms with van der Waals surface area (Å²) in [6.45, 7) is 4.79. The van der Waals surface area contributed by atoms with Gasteiger partial charge in [0.25, 0.3) is 5.91 Å². The van der Waals surface area contributed by atoms with Crippen molar-refractivity contribution in [3.05, 3.63) is 88.9 Å². The quantitative estimate of drug-likeness (QED) is 0.791. The van der Waals surface area contributed by atoms with Crippen molar-refractivity contribution in [2.24, 2.45) is 0 Å². The minimum atomic E-state index is -0.538. The molecule has 0 fully saturated rings. The van der Waals surface area contributed by atoms with Crippen LogP contribution < -0.4 is 5.32 Å². The largest absolute Gasteiger partial charge is 0.327 e. The third kappa shape index (κ3) is 3.27. The first-order chi connectivity index (χ1) is 13.6. The Morgan fingerprint density at radius 3 is 2.82 bits per heavy atom. The monoisotopic (exact) mass is 394 g/mol. The molecule has 3 amide bonds. The Morgan fingerprint density at radius 2 is 2.11 bits per heavy atom. The smallest absolute Gasteiger partial charge is 0.322 e. The molecule has 2 aliphatic heterocycles.